The van der Waals surface area contributed by atoms with E-state index in [1.165, 1.54) is 12.8 Å². The molecule has 114 valence electrons. The fraction of sp³-hybridized carbons (Fsp3) is 0.846. The van der Waals surface area contributed by atoms with E-state index in [2.05, 4.69) is 29.5 Å². The summed E-state index contributed by atoms with van der Waals surface area (Å²) in [6.07, 6.45) is 4.59. The first-order valence-corrected chi connectivity index (χ1v) is 6.84. The molecular formula is C13H29IN4O. The molecule has 0 rings (SSSR count). The van der Waals surface area contributed by atoms with Crippen LogP contribution in [0.2, 0.25) is 0 Å². The van der Waals surface area contributed by atoms with Crippen molar-refractivity contribution in [2.75, 3.05) is 33.7 Å². The van der Waals surface area contributed by atoms with E-state index in [4.69, 9.17) is 0 Å². The molecule has 0 aromatic heterocycles. The number of carbonyl (C=O) groups is 1. The van der Waals surface area contributed by atoms with Gasteiger partial charge in [-0.05, 0) is 12.8 Å². The second-order valence-corrected chi connectivity index (χ2v) is 4.51. The molecule has 0 aliphatic carbocycles. The molecule has 0 fully saturated rings. The molecule has 5 nitrogen and oxygen atoms in total. The van der Waals surface area contributed by atoms with Crippen LogP contribution >= 0.6 is 24.0 Å². The summed E-state index contributed by atoms with van der Waals surface area (Å²) < 4.78 is 0. The summed E-state index contributed by atoms with van der Waals surface area (Å²) in [5.41, 5.74) is 0. The minimum absolute atomic E-state index is 0. The SMILES string of the molecule is CCCCCNC(=NCC(=O)N(C)C)NCCC.I. The number of nitrogens with one attached hydrogen (secondary N) is 2. The van der Waals surface area contributed by atoms with Gasteiger partial charge in [0.2, 0.25) is 5.91 Å². The van der Waals surface area contributed by atoms with Crippen LogP contribution in [-0.2, 0) is 4.79 Å². The topological polar surface area (TPSA) is 56.7 Å². The Morgan fingerprint density at radius 3 is 2.21 bits per heavy atom. The van der Waals surface area contributed by atoms with Gasteiger partial charge >= 0.3 is 0 Å². The molecule has 0 aromatic carbocycles. The number of unbranched alkanes of at least 4 members (excludes halogenated alkanes) is 2. The fourth-order valence-corrected chi connectivity index (χ4v) is 1.29. The molecule has 0 saturated heterocycles. The van der Waals surface area contributed by atoms with Gasteiger partial charge in [-0.15, -0.1) is 24.0 Å². The van der Waals surface area contributed by atoms with Crippen LogP contribution in [0.5, 0.6) is 0 Å². The second-order valence-electron chi connectivity index (χ2n) is 4.51. The van der Waals surface area contributed by atoms with Crippen LogP contribution in [0.15, 0.2) is 4.99 Å². The van der Waals surface area contributed by atoms with Gasteiger partial charge in [-0.3, -0.25) is 4.79 Å². The Morgan fingerprint density at radius 1 is 1.05 bits per heavy atom. The lowest BCUT2D eigenvalue weighted by molar-refractivity contribution is -0.127. The van der Waals surface area contributed by atoms with E-state index in [1.54, 1.807) is 19.0 Å². The number of rotatable bonds is 8. The number of guanidine groups is 1. The minimum Gasteiger partial charge on any atom is -0.356 e. The third-order valence-corrected chi connectivity index (χ3v) is 2.49. The summed E-state index contributed by atoms with van der Waals surface area (Å²) in [5.74, 6) is 0.754. The van der Waals surface area contributed by atoms with Crippen LogP contribution < -0.4 is 10.6 Å². The predicted octanol–water partition coefficient (Wildman–Crippen LogP) is 1.83. The highest BCUT2D eigenvalue weighted by molar-refractivity contribution is 14.0. The first kappa shape index (κ1) is 20.8. The molecule has 0 bridgehead atoms. The summed E-state index contributed by atoms with van der Waals surface area (Å²) >= 11 is 0. The van der Waals surface area contributed by atoms with Gasteiger partial charge < -0.3 is 15.5 Å². The maximum atomic E-state index is 11.5. The van der Waals surface area contributed by atoms with E-state index in [1.807, 2.05) is 0 Å². The highest BCUT2D eigenvalue weighted by Crippen LogP contribution is 1.91. The highest BCUT2D eigenvalue weighted by atomic mass is 127. The largest absolute Gasteiger partial charge is 0.356 e. The summed E-state index contributed by atoms with van der Waals surface area (Å²) in [7, 11) is 3.48. The first-order valence-electron chi connectivity index (χ1n) is 6.84. The van der Waals surface area contributed by atoms with E-state index < -0.39 is 0 Å². The van der Waals surface area contributed by atoms with E-state index in [0.29, 0.717) is 0 Å². The van der Waals surface area contributed by atoms with E-state index in [0.717, 1.165) is 31.9 Å². The van der Waals surface area contributed by atoms with Gasteiger partial charge in [-0.2, -0.15) is 0 Å². The van der Waals surface area contributed by atoms with Gasteiger partial charge in [0.05, 0.1) is 0 Å². The van der Waals surface area contributed by atoms with Crippen molar-refractivity contribution in [1.82, 2.24) is 15.5 Å². The maximum Gasteiger partial charge on any atom is 0.243 e. The van der Waals surface area contributed by atoms with E-state index in [9.17, 15) is 4.79 Å². The average Bonchev–Trinajstić information content (AvgIpc) is 2.36. The van der Waals surface area contributed by atoms with Crippen molar-refractivity contribution in [3.63, 3.8) is 0 Å². The smallest absolute Gasteiger partial charge is 0.243 e. The van der Waals surface area contributed by atoms with Gasteiger partial charge in [-0.1, -0.05) is 26.7 Å². The van der Waals surface area contributed by atoms with Crippen molar-refractivity contribution in [1.29, 1.82) is 0 Å². The number of nitrogens with zero attached hydrogens (tertiary/aromatic N) is 2. The van der Waals surface area contributed by atoms with Gasteiger partial charge in [0.1, 0.15) is 6.54 Å². The number of halogens is 1. The van der Waals surface area contributed by atoms with Gasteiger partial charge in [0, 0.05) is 27.2 Å². The molecule has 0 aliphatic heterocycles. The lowest BCUT2D eigenvalue weighted by Gasteiger charge is -2.13. The monoisotopic (exact) mass is 384 g/mol. The lowest BCUT2D eigenvalue weighted by atomic mass is 10.2. The Kier molecular flexibility index (Phi) is 15.2. The van der Waals surface area contributed by atoms with Crippen LogP contribution in [-0.4, -0.2) is 50.5 Å². The number of likely N-dealkylation sites (N-methyl/N-ethyl adjacent to an activating group) is 1. The summed E-state index contributed by atoms with van der Waals surface area (Å²) in [6, 6.07) is 0. The van der Waals surface area contributed by atoms with Crippen molar-refractivity contribution in [3.05, 3.63) is 0 Å². The Hall–Kier alpha value is -0.530. The molecule has 0 saturated carbocycles. The highest BCUT2D eigenvalue weighted by Gasteiger charge is 2.03. The molecule has 0 unspecified atom stereocenters. The van der Waals surface area contributed by atoms with Crippen molar-refractivity contribution in [3.8, 4) is 0 Å². The number of aliphatic imine (C=N–C) groups is 1. The molecule has 0 spiro atoms. The summed E-state index contributed by atoms with van der Waals surface area (Å²) in [6.45, 7) is 6.25. The molecular weight excluding hydrogens is 355 g/mol. The number of carbonyl (C=O) groups excluding carboxylic acids is 1. The normalized spacial score (nSPS) is 10.6. The van der Waals surface area contributed by atoms with Crippen molar-refractivity contribution in [2.24, 2.45) is 4.99 Å². The van der Waals surface area contributed by atoms with Crippen LogP contribution in [0.25, 0.3) is 0 Å². The molecule has 0 aromatic rings. The number of hydrogen-bond donors (Lipinski definition) is 2. The third-order valence-electron chi connectivity index (χ3n) is 2.49. The van der Waals surface area contributed by atoms with Crippen LogP contribution in [0.1, 0.15) is 39.5 Å². The summed E-state index contributed by atoms with van der Waals surface area (Å²) in [4.78, 5) is 17.3. The fourth-order valence-electron chi connectivity index (χ4n) is 1.29. The van der Waals surface area contributed by atoms with Crippen LogP contribution in [0, 0.1) is 0 Å². The first-order chi connectivity index (χ1) is 8.61. The molecule has 6 heteroatoms. The molecule has 19 heavy (non-hydrogen) atoms. The van der Waals surface area contributed by atoms with Gasteiger partial charge in [-0.25, -0.2) is 4.99 Å². The molecule has 2 N–H and O–H groups in total. The van der Waals surface area contributed by atoms with Gasteiger partial charge in [0.25, 0.3) is 0 Å². The zero-order valence-electron chi connectivity index (χ0n) is 12.7. The van der Waals surface area contributed by atoms with Crippen molar-refractivity contribution >= 4 is 35.8 Å². The Bertz CT molecular complexity index is 257. The van der Waals surface area contributed by atoms with Crippen LogP contribution in [0.4, 0.5) is 0 Å². The molecule has 0 radical (unpaired) electrons. The Morgan fingerprint density at radius 2 is 1.68 bits per heavy atom. The predicted molar refractivity (Wildman–Crippen MR) is 92.2 cm³/mol. The lowest BCUT2D eigenvalue weighted by Crippen LogP contribution is -2.39. The molecule has 0 heterocycles. The molecule has 0 aliphatic rings. The molecule has 0 atom stereocenters. The average molecular weight is 384 g/mol. The van der Waals surface area contributed by atoms with Crippen molar-refractivity contribution < 1.29 is 4.79 Å². The number of hydrogen-bond acceptors (Lipinski definition) is 2. The Balaban J connectivity index is 0. The zero-order chi connectivity index (χ0) is 13.8. The standard InChI is InChI=1S/C13H28N4O.HI/c1-5-7-8-10-15-13(14-9-6-2)16-11-12(18)17(3)4;/h5-11H2,1-4H3,(H2,14,15,16);1H. The zero-order valence-corrected chi connectivity index (χ0v) is 15.0. The Labute approximate surface area is 134 Å². The maximum absolute atomic E-state index is 11.5. The van der Waals surface area contributed by atoms with Crippen molar-refractivity contribution in [2.45, 2.75) is 39.5 Å². The minimum atomic E-state index is 0. The second kappa shape index (κ2) is 13.9. The van der Waals surface area contributed by atoms with E-state index >= 15 is 0 Å². The quantitative estimate of drug-likeness (QED) is 0.291. The molecule has 1 amide bonds. The third kappa shape index (κ3) is 12.3. The van der Waals surface area contributed by atoms with Crippen LogP contribution in [0.3, 0.4) is 0 Å². The summed E-state index contributed by atoms with van der Waals surface area (Å²) in [5, 5.41) is 6.46. The van der Waals surface area contributed by atoms with E-state index in [-0.39, 0.29) is 36.4 Å². The number of amides is 1. The van der Waals surface area contributed by atoms with Gasteiger partial charge in [0.15, 0.2) is 5.96 Å².